The number of thioether (sulfide) groups is 1. The molecular formula is C18H24N4O2S. The minimum Gasteiger partial charge on any atom is -0.370 e. The van der Waals surface area contributed by atoms with Crippen LogP contribution in [0.1, 0.15) is 30.1 Å². The highest BCUT2D eigenvalue weighted by Gasteiger charge is 2.11. The Bertz CT molecular complexity index is 681. The van der Waals surface area contributed by atoms with E-state index in [9.17, 15) is 4.79 Å². The van der Waals surface area contributed by atoms with Crippen molar-refractivity contribution in [2.75, 3.05) is 29.5 Å². The third-order valence-electron chi connectivity index (χ3n) is 4.17. The van der Waals surface area contributed by atoms with Crippen LogP contribution in [-0.2, 0) is 17.8 Å². The fraction of sp³-hybridized carbons (Fsp3) is 0.500. The molecule has 1 amide bonds. The highest BCUT2D eigenvalue weighted by molar-refractivity contribution is 7.99. The maximum atomic E-state index is 11.9. The maximum Gasteiger partial charge on any atom is 0.226 e. The van der Waals surface area contributed by atoms with Gasteiger partial charge in [0.1, 0.15) is 0 Å². The van der Waals surface area contributed by atoms with Crippen LogP contribution in [0.5, 0.6) is 0 Å². The van der Waals surface area contributed by atoms with Crippen LogP contribution in [0.3, 0.4) is 0 Å². The number of carbonyl (C=O) groups is 1. The molecule has 1 saturated heterocycles. The van der Waals surface area contributed by atoms with Crippen LogP contribution in [0.25, 0.3) is 0 Å². The van der Waals surface area contributed by atoms with Gasteiger partial charge in [0.05, 0.1) is 0 Å². The molecule has 1 aromatic carbocycles. The van der Waals surface area contributed by atoms with Crippen LogP contribution in [0, 0.1) is 6.92 Å². The molecule has 3 rings (SSSR count). The zero-order chi connectivity index (χ0) is 17.5. The number of nitrogens with one attached hydrogen (secondary N) is 1. The topological polar surface area (TPSA) is 71.3 Å². The van der Waals surface area contributed by atoms with E-state index in [0.29, 0.717) is 37.5 Å². The van der Waals surface area contributed by atoms with Crippen LogP contribution in [-0.4, -0.2) is 40.6 Å². The van der Waals surface area contributed by atoms with E-state index in [1.54, 1.807) is 6.92 Å². The zero-order valence-corrected chi connectivity index (χ0v) is 15.3. The predicted molar refractivity (Wildman–Crippen MR) is 99.8 cm³/mol. The molecule has 1 aliphatic rings. The van der Waals surface area contributed by atoms with Gasteiger partial charge in [-0.15, -0.1) is 0 Å². The third kappa shape index (κ3) is 5.49. The summed E-state index contributed by atoms with van der Waals surface area (Å²) in [6, 6.07) is 8.49. The third-order valence-corrected chi connectivity index (χ3v) is 5.11. The standard InChI is InChI=1S/C18H24N4O2S/c1-14-20-18(24-21-14)4-2-3-17(23)19-13-15-5-7-16(8-6-15)22-9-11-25-12-10-22/h5-8H,2-4,9-13H2,1H3,(H,19,23). The van der Waals surface area contributed by atoms with Gasteiger partial charge in [-0.05, 0) is 31.0 Å². The molecule has 0 atom stereocenters. The molecule has 0 spiro atoms. The van der Waals surface area contributed by atoms with Crippen molar-refractivity contribution >= 4 is 23.4 Å². The number of anilines is 1. The number of benzene rings is 1. The molecule has 134 valence electrons. The van der Waals surface area contributed by atoms with Crippen molar-refractivity contribution in [3.05, 3.63) is 41.5 Å². The van der Waals surface area contributed by atoms with Gasteiger partial charge in [0, 0.05) is 49.7 Å². The Kier molecular flexibility index (Phi) is 6.33. The van der Waals surface area contributed by atoms with E-state index >= 15 is 0 Å². The molecule has 1 aliphatic heterocycles. The van der Waals surface area contributed by atoms with Crippen LogP contribution in [0.15, 0.2) is 28.8 Å². The van der Waals surface area contributed by atoms with Gasteiger partial charge in [-0.25, -0.2) is 0 Å². The summed E-state index contributed by atoms with van der Waals surface area (Å²) in [6.07, 6.45) is 1.81. The molecular weight excluding hydrogens is 336 g/mol. The summed E-state index contributed by atoms with van der Waals surface area (Å²) < 4.78 is 5.04. The number of hydrogen-bond donors (Lipinski definition) is 1. The fourth-order valence-electron chi connectivity index (χ4n) is 2.78. The number of nitrogens with zero attached hydrogens (tertiary/aromatic N) is 3. The fourth-order valence-corrected chi connectivity index (χ4v) is 3.68. The lowest BCUT2D eigenvalue weighted by atomic mass is 10.2. The predicted octanol–water partition coefficient (Wildman–Crippen LogP) is 2.57. The first-order chi connectivity index (χ1) is 12.2. The van der Waals surface area contributed by atoms with Crippen molar-refractivity contribution in [3.8, 4) is 0 Å². The Labute approximate surface area is 152 Å². The van der Waals surface area contributed by atoms with Gasteiger partial charge in [0.15, 0.2) is 5.82 Å². The van der Waals surface area contributed by atoms with Gasteiger partial charge < -0.3 is 14.7 Å². The highest BCUT2D eigenvalue weighted by atomic mass is 32.2. The Morgan fingerprint density at radius 3 is 2.72 bits per heavy atom. The van der Waals surface area contributed by atoms with Crippen LogP contribution in [0.4, 0.5) is 5.69 Å². The summed E-state index contributed by atoms with van der Waals surface area (Å²) in [4.78, 5) is 18.5. The van der Waals surface area contributed by atoms with Crippen molar-refractivity contribution in [2.45, 2.75) is 32.7 Å². The van der Waals surface area contributed by atoms with Gasteiger partial charge in [0.25, 0.3) is 0 Å². The SMILES string of the molecule is Cc1noc(CCCC(=O)NCc2ccc(N3CCSCC3)cc2)n1. The molecule has 0 aliphatic carbocycles. The number of carbonyl (C=O) groups excluding carboxylic acids is 1. The Morgan fingerprint density at radius 2 is 2.04 bits per heavy atom. The molecule has 0 unspecified atom stereocenters. The Morgan fingerprint density at radius 1 is 1.28 bits per heavy atom. The average molecular weight is 360 g/mol. The zero-order valence-electron chi connectivity index (χ0n) is 14.5. The number of rotatable bonds is 7. The maximum absolute atomic E-state index is 11.9. The van der Waals surface area contributed by atoms with Crippen LogP contribution in [0.2, 0.25) is 0 Å². The lowest BCUT2D eigenvalue weighted by Gasteiger charge is -2.28. The van der Waals surface area contributed by atoms with E-state index in [4.69, 9.17) is 4.52 Å². The number of amides is 1. The van der Waals surface area contributed by atoms with E-state index < -0.39 is 0 Å². The van der Waals surface area contributed by atoms with Crippen molar-refractivity contribution < 1.29 is 9.32 Å². The monoisotopic (exact) mass is 360 g/mol. The van der Waals surface area contributed by atoms with Gasteiger partial charge in [0.2, 0.25) is 11.8 Å². The normalized spacial score (nSPS) is 14.5. The summed E-state index contributed by atoms with van der Waals surface area (Å²) >= 11 is 2.01. The molecule has 6 nitrogen and oxygen atoms in total. The minimum absolute atomic E-state index is 0.0494. The van der Waals surface area contributed by atoms with E-state index in [1.807, 2.05) is 11.8 Å². The van der Waals surface area contributed by atoms with Crippen molar-refractivity contribution in [1.29, 1.82) is 0 Å². The number of aromatic nitrogens is 2. The molecule has 2 heterocycles. The van der Waals surface area contributed by atoms with Gasteiger partial charge in [-0.2, -0.15) is 16.7 Å². The smallest absolute Gasteiger partial charge is 0.226 e. The largest absolute Gasteiger partial charge is 0.370 e. The minimum atomic E-state index is 0.0494. The van der Waals surface area contributed by atoms with Crippen molar-refractivity contribution in [3.63, 3.8) is 0 Å². The number of aryl methyl sites for hydroxylation is 2. The lowest BCUT2D eigenvalue weighted by molar-refractivity contribution is -0.121. The molecule has 2 aromatic rings. The Hall–Kier alpha value is -2.02. The first-order valence-corrected chi connectivity index (χ1v) is 9.84. The Balaban J connectivity index is 1.38. The molecule has 0 saturated carbocycles. The molecule has 0 bridgehead atoms. The van der Waals surface area contributed by atoms with Gasteiger partial charge in [-0.1, -0.05) is 17.3 Å². The van der Waals surface area contributed by atoms with Crippen molar-refractivity contribution in [2.24, 2.45) is 0 Å². The first-order valence-electron chi connectivity index (χ1n) is 8.68. The number of hydrogen-bond acceptors (Lipinski definition) is 6. The van der Waals surface area contributed by atoms with Gasteiger partial charge >= 0.3 is 0 Å². The van der Waals surface area contributed by atoms with E-state index in [2.05, 4.69) is 44.6 Å². The van der Waals surface area contributed by atoms with Gasteiger partial charge in [-0.3, -0.25) is 4.79 Å². The second kappa shape index (κ2) is 8.89. The summed E-state index contributed by atoms with van der Waals surface area (Å²) in [7, 11) is 0. The second-order valence-corrected chi connectivity index (χ2v) is 7.36. The second-order valence-electron chi connectivity index (χ2n) is 6.13. The summed E-state index contributed by atoms with van der Waals surface area (Å²) in [6.45, 7) is 4.57. The molecule has 0 radical (unpaired) electrons. The van der Waals surface area contributed by atoms with Crippen LogP contribution < -0.4 is 10.2 Å². The lowest BCUT2D eigenvalue weighted by Crippen LogP contribution is -2.32. The van der Waals surface area contributed by atoms with E-state index in [-0.39, 0.29) is 5.91 Å². The molecule has 1 aromatic heterocycles. The molecule has 1 fully saturated rings. The van der Waals surface area contributed by atoms with E-state index in [1.165, 1.54) is 17.2 Å². The first kappa shape index (κ1) is 17.8. The van der Waals surface area contributed by atoms with Crippen LogP contribution >= 0.6 is 11.8 Å². The molecule has 1 N–H and O–H groups in total. The summed E-state index contributed by atoms with van der Waals surface area (Å²) in [5, 5.41) is 6.71. The van der Waals surface area contributed by atoms with E-state index in [0.717, 1.165) is 18.7 Å². The quantitative estimate of drug-likeness (QED) is 0.818. The summed E-state index contributed by atoms with van der Waals surface area (Å²) in [5.41, 5.74) is 2.39. The highest BCUT2D eigenvalue weighted by Crippen LogP contribution is 2.19. The molecule has 7 heteroatoms. The molecule has 25 heavy (non-hydrogen) atoms. The summed E-state index contributed by atoms with van der Waals surface area (Å²) in [5.74, 6) is 3.67. The van der Waals surface area contributed by atoms with Crippen molar-refractivity contribution in [1.82, 2.24) is 15.5 Å². The average Bonchev–Trinajstić information content (AvgIpc) is 3.06.